The molecule has 0 aliphatic carbocycles. The van der Waals surface area contributed by atoms with E-state index in [9.17, 15) is 0 Å². The van der Waals surface area contributed by atoms with Gasteiger partial charge in [0.25, 0.3) is 0 Å². The van der Waals surface area contributed by atoms with Crippen molar-refractivity contribution in [3.63, 3.8) is 0 Å². The van der Waals surface area contributed by atoms with Crippen molar-refractivity contribution in [3.8, 4) is 23.1 Å². The molecule has 0 unspecified atom stereocenters. The van der Waals surface area contributed by atoms with E-state index in [0.717, 1.165) is 35.7 Å². The number of aromatic amines is 1. The standard InChI is InChI=1S/C24H30N8O/c1-7-31(8-2)21-12-15(3)19(11-16(21)4)27-24-28-22(29-30-24)18-9-10-20(23(26-18)33-6)32-13-17(5)25-14-32/h9-14H,7-8H2,1-6H3,(H2,27,28,29,30). The van der Waals surface area contributed by atoms with Gasteiger partial charge in [-0.2, -0.15) is 10.1 Å². The summed E-state index contributed by atoms with van der Waals surface area (Å²) in [4.78, 5) is 15.8. The van der Waals surface area contributed by atoms with E-state index >= 15 is 0 Å². The lowest BCUT2D eigenvalue weighted by atomic mass is 10.1. The van der Waals surface area contributed by atoms with Crippen LogP contribution < -0.4 is 15.0 Å². The Labute approximate surface area is 193 Å². The van der Waals surface area contributed by atoms with Gasteiger partial charge >= 0.3 is 0 Å². The van der Waals surface area contributed by atoms with Crippen LogP contribution in [0.3, 0.4) is 0 Å². The van der Waals surface area contributed by atoms with Crippen LogP contribution in [0.5, 0.6) is 5.88 Å². The number of hydrogen-bond donors (Lipinski definition) is 2. The molecule has 0 spiro atoms. The molecule has 33 heavy (non-hydrogen) atoms. The molecule has 4 aromatic rings. The largest absolute Gasteiger partial charge is 0.479 e. The number of pyridine rings is 1. The Kier molecular flexibility index (Phi) is 6.30. The number of anilines is 3. The maximum atomic E-state index is 5.51. The molecule has 0 bridgehead atoms. The molecule has 0 saturated carbocycles. The van der Waals surface area contributed by atoms with Crippen molar-refractivity contribution < 1.29 is 4.74 Å². The van der Waals surface area contributed by atoms with Gasteiger partial charge < -0.3 is 19.5 Å². The van der Waals surface area contributed by atoms with Crippen molar-refractivity contribution in [2.75, 3.05) is 30.4 Å². The fraction of sp³-hybridized carbons (Fsp3) is 0.333. The Hall–Kier alpha value is -3.88. The lowest BCUT2D eigenvalue weighted by Crippen LogP contribution is -2.22. The first-order chi connectivity index (χ1) is 15.9. The third-order valence-corrected chi connectivity index (χ3v) is 5.64. The molecule has 3 heterocycles. The number of H-pyrrole nitrogens is 1. The van der Waals surface area contributed by atoms with Crippen molar-refractivity contribution in [1.29, 1.82) is 0 Å². The molecule has 172 valence electrons. The minimum Gasteiger partial charge on any atom is -0.479 e. The topological polar surface area (TPSA) is 96.8 Å². The fourth-order valence-electron chi connectivity index (χ4n) is 3.86. The van der Waals surface area contributed by atoms with Gasteiger partial charge in [0.2, 0.25) is 17.7 Å². The van der Waals surface area contributed by atoms with Gasteiger partial charge in [-0.15, -0.1) is 0 Å². The van der Waals surface area contributed by atoms with E-state index in [2.05, 4.69) is 75.2 Å². The van der Waals surface area contributed by atoms with Crippen molar-refractivity contribution in [2.45, 2.75) is 34.6 Å². The van der Waals surface area contributed by atoms with E-state index in [1.54, 1.807) is 13.4 Å². The van der Waals surface area contributed by atoms with E-state index in [1.165, 1.54) is 11.3 Å². The zero-order valence-electron chi connectivity index (χ0n) is 20.0. The molecule has 0 fully saturated rings. The summed E-state index contributed by atoms with van der Waals surface area (Å²) in [7, 11) is 1.59. The Bertz CT molecular complexity index is 1260. The molecular weight excluding hydrogens is 416 g/mol. The average Bonchev–Trinajstić information content (AvgIpc) is 3.46. The van der Waals surface area contributed by atoms with Crippen LogP contribution in [0.4, 0.5) is 17.3 Å². The number of aryl methyl sites for hydroxylation is 3. The Balaban J connectivity index is 1.58. The molecule has 4 rings (SSSR count). The predicted molar refractivity (Wildman–Crippen MR) is 131 cm³/mol. The van der Waals surface area contributed by atoms with Gasteiger partial charge in [-0.3, -0.25) is 0 Å². The van der Waals surface area contributed by atoms with Crippen LogP contribution in [0.2, 0.25) is 0 Å². The summed E-state index contributed by atoms with van der Waals surface area (Å²) in [6, 6.07) is 8.15. The van der Waals surface area contributed by atoms with Crippen LogP contribution in [0.25, 0.3) is 17.2 Å². The number of nitrogens with one attached hydrogen (secondary N) is 2. The van der Waals surface area contributed by atoms with Crippen molar-refractivity contribution in [3.05, 3.63) is 53.6 Å². The second-order valence-corrected chi connectivity index (χ2v) is 7.91. The average molecular weight is 447 g/mol. The number of benzene rings is 1. The van der Waals surface area contributed by atoms with Gasteiger partial charge in [0.1, 0.15) is 11.4 Å². The van der Waals surface area contributed by atoms with Gasteiger partial charge in [0, 0.05) is 30.7 Å². The Morgan fingerprint density at radius 3 is 2.52 bits per heavy atom. The molecule has 0 radical (unpaired) electrons. The van der Waals surface area contributed by atoms with Crippen LogP contribution in [0, 0.1) is 20.8 Å². The summed E-state index contributed by atoms with van der Waals surface area (Å²) in [6.45, 7) is 12.5. The molecular formula is C24H30N8O. The van der Waals surface area contributed by atoms with Gasteiger partial charge in [-0.05, 0) is 70.0 Å². The van der Waals surface area contributed by atoms with E-state index < -0.39 is 0 Å². The highest BCUT2D eigenvalue weighted by Crippen LogP contribution is 2.29. The first-order valence-corrected chi connectivity index (χ1v) is 11.1. The number of methoxy groups -OCH3 is 1. The lowest BCUT2D eigenvalue weighted by Gasteiger charge is -2.24. The number of imidazole rings is 1. The van der Waals surface area contributed by atoms with Crippen molar-refractivity contribution in [1.82, 2.24) is 29.7 Å². The van der Waals surface area contributed by atoms with Gasteiger partial charge in [-0.1, -0.05) is 0 Å². The van der Waals surface area contributed by atoms with Crippen LogP contribution in [0.15, 0.2) is 36.8 Å². The molecule has 0 saturated heterocycles. The summed E-state index contributed by atoms with van der Waals surface area (Å²) in [5, 5.41) is 10.7. The van der Waals surface area contributed by atoms with E-state index in [0.29, 0.717) is 23.3 Å². The molecule has 3 aromatic heterocycles. The predicted octanol–water partition coefficient (Wildman–Crippen LogP) is 4.58. The quantitative estimate of drug-likeness (QED) is 0.409. The highest BCUT2D eigenvalue weighted by Gasteiger charge is 2.15. The second kappa shape index (κ2) is 9.32. The zero-order valence-corrected chi connectivity index (χ0v) is 20.0. The Morgan fingerprint density at radius 1 is 1.06 bits per heavy atom. The SMILES string of the molecule is CCN(CC)c1cc(C)c(Nc2nc(-c3ccc(-n4cnc(C)c4)c(OC)n3)n[nH]2)cc1C. The second-order valence-electron chi connectivity index (χ2n) is 7.91. The fourth-order valence-corrected chi connectivity index (χ4v) is 3.86. The first-order valence-electron chi connectivity index (χ1n) is 11.1. The summed E-state index contributed by atoms with van der Waals surface area (Å²) in [6.07, 6.45) is 3.66. The number of nitrogens with zero attached hydrogens (tertiary/aromatic N) is 6. The molecule has 0 atom stereocenters. The number of aromatic nitrogens is 6. The van der Waals surface area contributed by atoms with E-state index in [4.69, 9.17) is 4.74 Å². The minimum absolute atomic E-state index is 0.475. The van der Waals surface area contributed by atoms with Gasteiger partial charge in [0.05, 0.1) is 19.1 Å². The molecule has 1 aromatic carbocycles. The smallest absolute Gasteiger partial charge is 0.238 e. The lowest BCUT2D eigenvalue weighted by molar-refractivity contribution is 0.396. The third kappa shape index (κ3) is 4.52. The molecule has 0 amide bonds. The normalized spacial score (nSPS) is 11.0. The molecule has 0 aliphatic heterocycles. The van der Waals surface area contributed by atoms with Crippen LogP contribution in [-0.4, -0.2) is 49.9 Å². The maximum Gasteiger partial charge on any atom is 0.238 e. The number of ether oxygens (including phenoxy) is 1. The number of rotatable bonds is 8. The maximum absolute atomic E-state index is 5.51. The monoisotopic (exact) mass is 446 g/mol. The highest BCUT2D eigenvalue weighted by atomic mass is 16.5. The Morgan fingerprint density at radius 2 is 1.85 bits per heavy atom. The molecule has 2 N–H and O–H groups in total. The number of hydrogen-bond acceptors (Lipinski definition) is 7. The van der Waals surface area contributed by atoms with Crippen molar-refractivity contribution >= 4 is 17.3 Å². The van der Waals surface area contributed by atoms with Crippen LogP contribution >= 0.6 is 0 Å². The summed E-state index contributed by atoms with van der Waals surface area (Å²) < 4.78 is 7.38. The highest BCUT2D eigenvalue weighted by molar-refractivity contribution is 5.68. The summed E-state index contributed by atoms with van der Waals surface area (Å²) >= 11 is 0. The molecule has 9 nitrogen and oxygen atoms in total. The first kappa shape index (κ1) is 22.3. The van der Waals surface area contributed by atoms with Gasteiger partial charge in [0.15, 0.2) is 0 Å². The zero-order chi connectivity index (χ0) is 23.5. The van der Waals surface area contributed by atoms with E-state index in [1.807, 2.05) is 29.8 Å². The van der Waals surface area contributed by atoms with E-state index in [-0.39, 0.29) is 0 Å². The van der Waals surface area contributed by atoms with Crippen molar-refractivity contribution in [2.24, 2.45) is 0 Å². The summed E-state index contributed by atoms with van der Waals surface area (Å²) in [5.41, 5.74) is 6.93. The summed E-state index contributed by atoms with van der Waals surface area (Å²) in [5.74, 6) is 1.51. The minimum atomic E-state index is 0.475. The van der Waals surface area contributed by atoms with Crippen LogP contribution in [-0.2, 0) is 0 Å². The molecule has 9 heteroatoms. The van der Waals surface area contributed by atoms with Gasteiger partial charge in [-0.25, -0.2) is 15.1 Å². The van der Waals surface area contributed by atoms with Crippen LogP contribution in [0.1, 0.15) is 30.7 Å². The molecule has 0 aliphatic rings. The third-order valence-electron chi connectivity index (χ3n) is 5.64.